The van der Waals surface area contributed by atoms with E-state index >= 15 is 0 Å². The number of aromatic hydroxyl groups is 1. The first kappa shape index (κ1) is 70.3. The second kappa shape index (κ2) is 34.6. The van der Waals surface area contributed by atoms with E-state index in [1.54, 1.807) is 27.7 Å². The van der Waals surface area contributed by atoms with Gasteiger partial charge >= 0.3 is 17.9 Å². The van der Waals surface area contributed by atoms with Gasteiger partial charge in [0.25, 0.3) is 0 Å². The van der Waals surface area contributed by atoms with Crippen molar-refractivity contribution in [3.8, 4) is 5.75 Å². The summed E-state index contributed by atoms with van der Waals surface area (Å²) in [5.74, 6) is -14.6. The van der Waals surface area contributed by atoms with Crippen LogP contribution >= 0.6 is 0 Å². The topological polar surface area (TPSA) is 487 Å². The van der Waals surface area contributed by atoms with Crippen LogP contribution in [0.4, 0.5) is 0 Å². The van der Waals surface area contributed by atoms with Gasteiger partial charge in [0.05, 0.1) is 25.0 Å². The Kier molecular flexibility index (Phi) is 28.9. The Balaban J connectivity index is 1.89. The van der Waals surface area contributed by atoms with Crippen LogP contribution in [0, 0.1) is 11.8 Å². The quantitative estimate of drug-likeness (QED) is 0.0289. The number of carboxylic acids is 3. The van der Waals surface area contributed by atoms with E-state index in [9.17, 15) is 87.9 Å². The molecule has 0 bridgehead atoms. The van der Waals surface area contributed by atoms with Gasteiger partial charge in [0, 0.05) is 19.4 Å². The highest BCUT2D eigenvalue weighted by atomic mass is 16.4. The van der Waals surface area contributed by atoms with Gasteiger partial charge in [-0.2, -0.15) is 0 Å². The van der Waals surface area contributed by atoms with Crippen LogP contribution in [0.2, 0.25) is 0 Å². The zero-order valence-electron chi connectivity index (χ0n) is 48.0. The van der Waals surface area contributed by atoms with Crippen LogP contribution in [-0.4, -0.2) is 194 Å². The lowest BCUT2D eigenvalue weighted by Crippen LogP contribution is -2.62. The van der Waals surface area contributed by atoms with Crippen molar-refractivity contribution in [2.24, 2.45) is 23.3 Å². The van der Waals surface area contributed by atoms with Crippen molar-refractivity contribution in [1.29, 1.82) is 0 Å². The van der Waals surface area contributed by atoms with Gasteiger partial charge < -0.3 is 89.8 Å². The molecule has 2 heterocycles. The summed E-state index contributed by atoms with van der Waals surface area (Å²) in [7, 11) is 0. The van der Waals surface area contributed by atoms with Crippen LogP contribution in [0.25, 0.3) is 0 Å². The number of carbonyl (C=O) groups excluding carboxylic acids is 10. The number of unbranched alkanes of at least 4 members (excludes halogenated alkanes) is 1. The number of phenols is 1. The van der Waals surface area contributed by atoms with E-state index in [2.05, 4.69) is 47.9 Å². The number of aliphatic hydroxyl groups excluding tert-OH is 1. The van der Waals surface area contributed by atoms with Crippen LogP contribution < -0.4 is 59.3 Å². The summed E-state index contributed by atoms with van der Waals surface area (Å²) in [6.45, 7) is 8.79. The van der Waals surface area contributed by atoms with Gasteiger partial charge in [-0.05, 0) is 114 Å². The van der Waals surface area contributed by atoms with E-state index in [1.165, 1.54) is 36.1 Å². The van der Waals surface area contributed by atoms with Crippen LogP contribution in [0.1, 0.15) is 124 Å². The molecule has 3 rings (SSSR count). The van der Waals surface area contributed by atoms with Crippen molar-refractivity contribution < 1.29 is 87.9 Å². The number of benzene rings is 1. The average molecular weight is 1190 g/mol. The minimum Gasteiger partial charge on any atom is -0.508 e. The van der Waals surface area contributed by atoms with Gasteiger partial charge in [-0.15, -0.1) is 0 Å². The molecule has 11 atom stereocenters. The van der Waals surface area contributed by atoms with Gasteiger partial charge in [0.2, 0.25) is 59.1 Å². The molecule has 0 aromatic heterocycles. The second-order valence-corrected chi connectivity index (χ2v) is 21.9. The first-order valence-electron chi connectivity index (χ1n) is 28.1. The molecule has 0 spiro atoms. The zero-order chi connectivity index (χ0) is 63.0. The monoisotopic (exact) mass is 1190 g/mol. The first-order chi connectivity index (χ1) is 39.5. The number of aliphatic hydroxyl groups is 1. The number of nitrogens with two attached hydrogens (primary N) is 2. The largest absolute Gasteiger partial charge is 0.508 e. The van der Waals surface area contributed by atoms with Crippen molar-refractivity contribution in [2.45, 2.75) is 191 Å². The number of likely N-dealkylation sites (tertiary alicyclic amines) is 1. The molecule has 1 aromatic rings. The Morgan fingerprint density at radius 2 is 1.13 bits per heavy atom. The lowest BCUT2D eigenvalue weighted by molar-refractivity contribution is -0.147. The molecule has 2 aliphatic heterocycles. The number of carbonyl (C=O) groups is 13. The molecule has 18 N–H and O–H groups in total. The van der Waals surface area contributed by atoms with Crippen molar-refractivity contribution >= 4 is 77.0 Å². The number of carboxylic acid groups (broad SMARTS) is 3. The third kappa shape index (κ3) is 23.7. The molecule has 30 nitrogen and oxygen atoms in total. The minimum absolute atomic E-state index is 0.0163. The molecule has 10 amide bonds. The third-order valence-electron chi connectivity index (χ3n) is 13.8. The van der Waals surface area contributed by atoms with Crippen LogP contribution in [0.5, 0.6) is 5.75 Å². The van der Waals surface area contributed by atoms with Gasteiger partial charge in [0.15, 0.2) is 0 Å². The molecule has 84 heavy (non-hydrogen) atoms. The first-order valence-corrected chi connectivity index (χ1v) is 28.1. The summed E-state index contributed by atoms with van der Waals surface area (Å²) in [5, 5.41) is 71.9. The fourth-order valence-electron chi connectivity index (χ4n) is 9.52. The van der Waals surface area contributed by atoms with E-state index in [4.69, 9.17) is 11.5 Å². The normalized spacial score (nSPS) is 18.0. The van der Waals surface area contributed by atoms with Crippen molar-refractivity contribution in [1.82, 2.24) is 52.8 Å². The smallest absolute Gasteiger partial charge is 0.326 e. The van der Waals surface area contributed by atoms with Crippen LogP contribution in [-0.2, 0) is 68.7 Å². The zero-order valence-corrected chi connectivity index (χ0v) is 48.0. The number of primary amides is 1. The summed E-state index contributed by atoms with van der Waals surface area (Å²) in [5.41, 5.74) is 11.4. The number of nitrogens with one attached hydrogen (secondary N) is 9. The molecule has 2 fully saturated rings. The summed E-state index contributed by atoms with van der Waals surface area (Å²) >= 11 is 0. The van der Waals surface area contributed by atoms with E-state index in [0.29, 0.717) is 31.4 Å². The standard InChI is InChI=1S/C54H84N12O18/c1-27(2)22-35(48(77)61-36(24-30-13-15-31(68)16-14-30)49(78)58-33(10-6-7-19-55)46(75)64-39(54(83)84)26-43(72)73)60-47(76)34(17-18-42(70)71)59-51(80)40-12-9-21-66(40)53(82)38(23-28(3)4)63-52(81)44(29(5)67)65-50(79)37(25-41(56)69)62-45(74)32-11-8-20-57-32/h13-16,27-29,32-40,44,57,67-68H,6-12,17-26,55H2,1-5H3,(H2,56,69)(H,58,78)(H,59,80)(H,60,76)(H,61,77)(H,62,74)(H,63,81)(H,64,75)(H,65,79)(H,70,71)(H,72,73)(H,83,84)/t29-,32+,33+,34+,35+,36+,37+,38+,39+,40+,44+/m1/s1. The molecule has 0 saturated carbocycles. The maximum Gasteiger partial charge on any atom is 0.326 e. The molecule has 0 radical (unpaired) electrons. The van der Waals surface area contributed by atoms with Crippen molar-refractivity contribution in [3.63, 3.8) is 0 Å². The Morgan fingerprint density at radius 3 is 1.68 bits per heavy atom. The molecule has 468 valence electrons. The molecular formula is C54H84N12O18. The Morgan fingerprint density at radius 1 is 0.595 bits per heavy atom. The number of hydrogen-bond acceptors (Lipinski definition) is 17. The van der Waals surface area contributed by atoms with Gasteiger partial charge in [0.1, 0.15) is 60.1 Å². The molecular weight excluding hydrogens is 1100 g/mol. The van der Waals surface area contributed by atoms with E-state index < -0.39 is 169 Å². The minimum atomic E-state index is -1.87. The van der Waals surface area contributed by atoms with Gasteiger partial charge in [-0.1, -0.05) is 39.8 Å². The highest BCUT2D eigenvalue weighted by Gasteiger charge is 2.42. The van der Waals surface area contributed by atoms with E-state index in [0.717, 1.165) is 0 Å². The number of nitrogens with zero attached hydrogens (tertiary/aromatic N) is 1. The van der Waals surface area contributed by atoms with Gasteiger partial charge in [-0.3, -0.25) is 57.5 Å². The highest BCUT2D eigenvalue weighted by Crippen LogP contribution is 2.22. The summed E-state index contributed by atoms with van der Waals surface area (Å²) in [6.07, 6.45) is -2.82. The fourth-order valence-corrected chi connectivity index (χ4v) is 9.52. The maximum atomic E-state index is 14.5. The summed E-state index contributed by atoms with van der Waals surface area (Å²) in [4.78, 5) is 174. The maximum absolute atomic E-state index is 14.5. The van der Waals surface area contributed by atoms with E-state index in [-0.39, 0.29) is 75.6 Å². The average Bonchev–Trinajstić information content (AvgIpc) is 3.36. The predicted octanol–water partition coefficient (Wildman–Crippen LogP) is -3.54. The molecule has 2 saturated heterocycles. The number of amides is 10. The SMILES string of the molecule is CC(C)C[C@H](NC(=O)[C@H](CCC(=O)O)NC(=O)[C@@H]1CCCN1C(=O)[C@H](CC(C)C)NC(=O)[C@@H](NC(=O)[C@H](CC(N)=O)NC(=O)[C@@H]1CCCN1)[C@@H](C)O)C(=O)N[C@@H](Cc1ccc(O)cc1)C(=O)N[C@@H](CCCCN)C(=O)N[C@@H](CC(=O)O)C(=O)O. The Bertz CT molecular complexity index is 2490. The lowest BCUT2D eigenvalue weighted by Gasteiger charge is -2.32. The van der Waals surface area contributed by atoms with Crippen LogP contribution in [0.3, 0.4) is 0 Å². The van der Waals surface area contributed by atoms with Crippen LogP contribution in [0.15, 0.2) is 24.3 Å². The van der Waals surface area contributed by atoms with Crippen molar-refractivity contribution in [3.05, 3.63) is 29.8 Å². The predicted molar refractivity (Wildman–Crippen MR) is 297 cm³/mol. The number of phenolic OH excluding ortho intramolecular Hbond substituents is 1. The molecule has 0 aliphatic carbocycles. The summed E-state index contributed by atoms with van der Waals surface area (Å²) in [6, 6.07) is -9.06. The highest BCUT2D eigenvalue weighted by molar-refractivity contribution is 5.99. The molecule has 0 unspecified atom stereocenters. The Labute approximate surface area is 485 Å². The third-order valence-corrected chi connectivity index (χ3v) is 13.8. The van der Waals surface area contributed by atoms with Gasteiger partial charge in [-0.25, -0.2) is 4.79 Å². The number of rotatable bonds is 36. The Hall–Kier alpha value is -7.99. The molecule has 2 aliphatic rings. The molecule has 1 aromatic carbocycles. The molecule has 30 heteroatoms. The number of aliphatic carboxylic acids is 3. The lowest BCUT2D eigenvalue weighted by atomic mass is 9.99. The van der Waals surface area contributed by atoms with E-state index in [1.807, 2.05) is 0 Å². The van der Waals surface area contributed by atoms with Crippen molar-refractivity contribution in [2.75, 3.05) is 19.6 Å². The second-order valence-electron chi connectivity index (χ2n) is 21.9. The fraction of sp³-hybridized carbons (Fsp3) is 0.648. The number of hydrogen-bond donors (Lipinski definition) is 16. The summed E-state index contributed by atoms with van der Waals surface area (Å²) < 4.78 is 0.